The molecule has 0 saturated carbocycles. The van der Waals surface area contributed by atoms with E-state index < -0.39 is 13.0 Å². The molecule has 34 valence electrons. The smallest absolute Gasteiger partial charge is 1.00 e. The summed E-state index contributed by atoms with van der Waals surface area (Å²) in [7, 11) is 0. The van der Waals surface area contributed by atoms with Gasteiger partial charge in [0.25, 0.3) is 0 Å². The van der Waals surface area contributed by atoms with Gasteiger partial charge in [-0.05, 0) is 0 Å². The van der Waals surface area contributed by atoms with E-state index >= 15 is 0 Å². The van der Waals surface area contributed by atoms with Crippen LogP contribution in [0, 0.1) is 10.2 Å². The second-order valence-corrected chi connectivity index (χ2v) is 2.83. The Morgan fingerprint density at radius 2 is 1.71 bits per heavy atom. The van der Waals surface area contributed by atoms with Crippen LogP contribution >= 0.6 is 0 Å². The van der Waals surface area contributed by atoms with Crippen molar-refractivity contribution in [2.75, 3.05) is 0 Å². The van der Waals surface area contributed by atoms with Gasteiger partial charge < -0.3 is 0 Å². The average Bonchev–Trinajstić information content (AvgIpc) is 1.35. The van der Waals surface area contributed by atoms with Crippen molar-refractivity contribution < 1.29 is 63.2 Å². The van der Waals surface area contributed by atoms with E-state index in [0.29, 0.717) is 4.97 Å². The molecule has 0 atom stereocenters. The first-order valence-electron chi connectivity index (χ1n) is 0.928. The fraction of sp³-hybridized carbons (Fsp3) is 0. The molecule has 0 N–H and O–H groups in total. The molecular weight excluding hydrogens is 192 g/mol. The number of hydrogen-bond donors (Lipinski definition) is 0. The first kappa shape index (κ1) is 11.1. The number of nitriles is 1. The van der Waals surface area contributed by atoms with Gasteiger partial charge in [-0.1, -0.05) is 0 Å². The molecule has 0 bridgehead atoms. The Labute approximate surface area is 84.9 Å². The summed E-state index contributed by atoms with van der Waals surface area (Å²) in [6.07, 6.45) is 0. The Morgan fingerprint density at radius 3 is 1.71 bits per heavy atom. The predicted octanol–water partition coefficient (Wildman–Crippen LogP) is -4.79. The van der Waals surface area contributed by atoms with Crippen LogP contribution in [0.5, 0.6) is 0 Å². The third-order valence-corrected chi connectivity index (χ3v) is 0.581. The summed E-state index contributed by atoms with van der Waals surface area (Å²) < 4.78 is 27.5. The molecule has 0 saturated heterocycles. The van der Waals surface area contributed by atoms with Crippen LogP contribution in [-0.4, -0.2) is 13.0 Å². The van der Waals surface area contributed by atoms with Crippen LogP contribution in [0.4, 0.5) is 0 Å². The summed E-state index contributed by atoms with van der Waals surface area (Å²) in [6, 6.07) is 0. The zero-order chi connectivity index (χ0) is 5.21. The minimum Gasteiger partial charge on any atom is 1.00 e. The summed E-state index contributed by atoms with van der Waals surface area (Å²) in [5.41, 5.74) is 0. The van der Waals surface area contributed by atoms with Crippen LogP contribution < -0.4 is 55.6 Å². The molecule has 0 aliphatic rings. The molecule has 0 radical (unpaired) electrons. The summed E-state index contributed by atoms with van der Waals surface area (Å²) >= 11 is -5.22. The molecule has 0 aliphatic carbocycles. The standard InChI is InChI=1S/CHNO3Se.K/c2-1-6(3,4)5;/h(H,3,4,5);/q;+1/p-1. The average molecular weight is 192 g/mol. The van der Waals surface area contributed by atoms with Gasteiger partial charge in [0.15, 0.2) is 0 Å². The first-order chi connectivity index (χ1) is 2.56. The summed E-state index contributed by atoms with van der Waals surface area (Å²) in [5, 5.41) is 7.28. The molecule has 0 fully saturated rings. The molecule has 6 heteroatoms. The van der Waals surface area contributed by atoms with Crippen LogP contribution in [0.2, 0.25) is 0 Å². The Balaban J connectivity index is 0. The van der Waals surface area contributed by atoms with Crippen molar-refractivity contribution in [2.45, 2.75) is 0 Å². The molecule has 0 aromatic heterocycles. The van der Waals surface area contributed by atoms with Crippen molar-refractivity contribution in [1.29, 1.82) is 5.26 Å². The third kappa shape index (κ3) is 11.0. The number of rotatable bonds is 0. The van der Waals surface area contributed by atoms with Crippen molar-refractivity contribution in [3.63, 3.8) is 0 Å². The quantitative estimate of drug-likeness (QED) is 0.361. The monoisotopic (exact) mass is 193 g/mol. The Morgan fingerprint density at radius 1 is 1.57 bits per heavy atom. The molecule has 4 nitrogen and oxygen atoms in total. The maximum atomic E-state index is 9.16. The molecule has 0 spiro atoms. The molecular formula is CKNO3Se. The normalized spacial score (nSPS) is 8.57. The van der Waals surface area contributed by atoms with Gasteiger partial charge in [0, 0.05) is 0 Å². The molecule has 0 amide bonds. The topological polar surface area (TPSA) is 81.0 Å². The van der Waals surface area contributed by atoms with E-state index in [-0.39, 0.29) is 51.4 Å². The largest absolute Gasteiger partial charge is 1.00 e. The third-order valence-electron chi connectivity index (χ3n) is 0.112. The molecule has 0 heterocycles. The summed E-state index contributed by atoms with van der Waals surface area (Å²) in [4.78, 5) is 0.594. The van der Waals surface area contributed by atoms with E-state index in [0.717, 1.165) is 0 Å². The first-order valence-corrected chi connectivity index (χ1v) is 3.88. The SMILES string of the molecule is N#C[Se](=O)(=O)[O-].[K+]. The Kier molecular flexibility index (Phi) is 6.51. The van der Waals surface area contributed by atoms with Gasteiger partial charge >= 0.3 is 86.5 Å². The predicted molar refractivity (Wildman–Crippen MR) is 12.7 cm³/mol. The van der Waals surface area contributed by atoms with E-state index in [4.69, 9.17) is 17.1 Å². The molecule has 0 aromatic carbocycles. The van der Waals surface area contributed by atoms with E-state index in [9.17, 15) is 0 Å². The van der Waals surface area contributed by atoms with Crippen molar-refractivity contribution in [3.05, 3.63) is 0 Å². The van der Waals surface area contributed by atoms with Gasteiger partial charge in [0.2, 0.25) is 0 Å². The zero-order valence-corrected chi connectivity index (χ0v) is 8.42. The van der Waals surface area contributed by atoms with Crippen molar-refractivity contribution in [2.24, 2.45) is 0 Å². The minimum atomic E-state index is -5.22. The maximum Gasteiger partial charge on any atom is 1.00 e. The zero-order valence-electron chi connectivity index (χ0n) is 3.58. The fourth-order valence-electron chi connectivity index (χ4n) is 0. The molecule has 0 aromatic rings. The van der Waals surface area contributed by atoms with Crippen LogP contribution in [0.25, 0.3) is 0 Å². The van der Waals surface area contributed by atoms with E-state index in [1.165, 1.54) is 0 Å². The fourth-order valence-corrected chi connectivity index (χ4v) is 0. The van der Waals surface area contributed by atoms with Gasteiger partial charge in [-0.25, -0.2) is 0 Å². The minimum absolute atomic E-state index is 0. The molecule has 0 aliphatic heterocycles. The van der Waals surface area contributed by atoms with Crippen molar-refractivity contribution in [3.8, 4) is 4.97 Å². The second-order valence-electron chi connectivity index (χ2n) is 0.545. The second kappa shape index (κ2) is 4.12. The van der Waals surface area contributed by atoms with E-state index in [1.807, 2.05) is 0 Å². The van der Waals surface area contributed by atoms with Gasteiger partial charge in [0.05, 0.1) is 0 Å². The summed E-state index contributed by atoms with van der Waals surface area (Å²) in [6.45, 7) is 0. The maximum absolute atomic E-state index is 9.16. The molecule has 0 unspecified atom stereocenters. The Hall–Kier alpha value is 1.21. The van der Waals surface area contributed by atoms with Gasteiger partial charge in [-0.3, -0.25) is 0 Å². The van der Waals surface area contributed by atoms with Gasteiger partial charge in [-0.2, -0.15) is 0 Å². The molecule has 0 rings (SSSR count). The van der Waals surface area contributed by atoms with E-state index in [1.54, 1.807) is 0 Å². The van der Waals surface area contributed by atoms with Crippen LogP contribution in [0.15, 0.2) is 0 Å². The van der Waals surface area contributed by atoms with Gasteiger partial charge in [0.1, 0.15) is 0 Å². The Bertz CT molecular complexity index is 164. The van der Waals surface area contributed by atoms with Gasteiger partial charge in [-0.15, -0.1) is 0 Å². The van der Waals surface area contributed by atoms with E-state index in [2.05, 4.69) is 0 Å². The number of nitrogens with zero attached hydrogens (tertiary/aromatic N) is 1. The van der Waals surface area contributed by atoms with Crippen molar-refractivity contribution >= 4 is 13.0 Å². The molecule has 7 heavy (non-hydrogen) atoms. The van der Waals surface area contributed by atoms with Crippen molar-refractivity contribution in [1.82, 2.24) is 0 Å². The van der Waals surface area contributed by atoms with Crippen LogP contribution in [0.3, 0.4) is 0 Å². The van der Waals surface area contributed by atoms with Crippen LogP contribution in [-0.2, 0) is 7.67 Å². The summed E-state index contributed by atoms with van der Waals surface area (Å²) in [5.74, 6) is 0. The number of hydrogen-bond acceptors (Lipinski definition) is 4. The van der Waals surface area contributed by atoms with Crippen LogP contribution in [0.1, 0.15) is 0 Å².